The van der Waals surface area contributed by atoms with E-state index in [9.17, 15) is 13.2 Å². The minimum atomic E-state index is -3.95. The first-order valence-corrected chi connectivity index (χ1v) is 9.65. The number of thiophene rings is 1. The van der Waals surface area contributed by atoms with E-state index in [1.807, 2.05) is 17.5 Å². The number of carbonyl (C=O) groups is 1. The molecule has 1 N–H and O–H groups in total. The number of nitrogens with one attached hydrogen (secondary N) is 1. The first kappa shape index (κ1) is 18.9. The Morgan fingerprint density at radius 3 is 2.79 bits per heavy atom. The molecule has 0 saturated heterocycles. The maximum Gasteiger partial charge on any atom is 0.255 e. The molecule has 0 aliphatic carbocycles. The fourth-order valence-electron chi connectivity index (χ4n) is 1.70. The summed E-state index contributed by atoms with van der Waals surface area (Å²) < 4.78 is 25.8. The Morgan fingerprint density at radius 2 is 2.12 bits per heavy atom. The molecule has 0 aliphatic rings. The second kappa shape index (κ2) is 8.09. The molecule has 1 aromatic heterocycles. The Bertz CT molecular complexity index is 852. The number of sulfonamides is 1. The van der Waals surface area contributed by atoms with E-state index < -0.39 is 22.5 Å². The van der Waals surface area contributed by atoms with Gasteiger partial charge in [-0.1, -0.05) is 29.3 Å². The Hall–Kier alpha value is -1.45. The van der Waals surface area contributed by atoms with Crippen molar-refractivity contribution in [3.05, 3.63) is 50.6 Å². The van der Waals surface area contributed by atoms with Crippen LogP contribution in [0.1, 0.15) is 4.88 Å². The summed E-state index contributed by atoms with van der Waals surface area (Å²) in [5.41, 5.74) is 2.27. The summed E-state index contributed by atoms with van der Waals surface area (Å²) in [7, 11) is -2.68. The van der Waals surface area contributed by atoms with E-state index >= 15 is 0 Å². The van der Waals surface area contributed by atoms with Crippen LogP contribution in [0.3, 0.4) is 0 Å². The highest BCUT2D eigenvalue weighted by atomic mass is 35.5. The summed E-state index contributed by atoms with van der Waals surface area (Å²) in [4.78, 5) is 12.5. The minimum absolute atomic E-state index is 0.0300. The third-order valence-electron chi connectivity index (χ3n) is 2.87. The van der Waals surface area contributed by atoms with Gasteiger partial charge >= 0.3 is 0 Å². The van der Waals surface area contributed by atoms with Crippen molar-refractivity contribution in [2.45, 2.75) is 4.90 Å². The van der Waals surface area contributed by atoms with E-state index in [0.29, 0.717) is 0 Å². The highest BCUT2D eigenvalue weighted by Gasteiger charge is 2.25. The van der Waals surface area contributed by atoms with Gasteiger partial charge in [0.05, 0.1) is 17.8 Å². The van der Waals surface area contributed by atoms with Crippen LogP contribution in [0.4, 0.5) is 0 Å². The highest BCUT2D eigenvalue weighted by molar-refractivity contribution is 7.89. The van der Waals surface area contributed by atoms with Crippen molar-refractivity contribution in [2.24, 2.45) is 5.10 Å². The van der Waals surface area contributed by atoms with E-state index in [-0.39, 0.29) is 14.9 Å². The monoisotopic (exact) mass is 405 g/mol. The molecule has 2 aromatic rings. The molecule has 1 amide bonds. The highest BCUT2D eigenvalue weighted by Crippen LogP contribution is 2.27. The Balaban J connectivity index is 2.03. The zero-order chi connectivity index (χ0) is 17.7. The van der Waals surface area contributed by atoms with Crippen LogP contribution in [0.15, 0.2) is 45.7 Å². The second-order valence-electron chi connectivity index (χ2n) is 4.64. The minimum Gasteiger partial charge on any atom is -0.272 e. The van der Waals surface area contributed by atoms with Crippen molar-refractivity contribution in [1.82, 2.24) is 9.73 Å². The van der Waals surface area contributed by atoms with Gasteiger partial charge in [0.1, 0.15) is 4.90 Å². The SMILES string of the molecule is CN(CC(=O)N/N=C\c1cccs1)S(=O)(=O)c1cc(Cl)ccc1Cl. The molecule has 0 spiro atoms. The van der Waals surface area contributed by atoms with Crippen molar-refractivity contribution in [1.29, 1.82) is 0 Å². The van der Waals surface area contributed by atoms with Gasteiger partial charge in [0.2, 0.25) is 10.0 Å². The van der Waals surface area contributed by atoms with Gasteiger partial charge in [-0.3, -0.25) is 4.79 Å². The molecule has 0 atom stereocenters. The number of likely N-dealkylation sites (N-methyl/N-ethyl adjacent to an activating group) is 1. The topological polar surface area (TPSA) is 78.8 Å². The number of amides is 1. The fraction of sp³-hybridized carbons (Fsp3) is 0.143. The first-order chi connectivity index (χ1) is 11.3. The van der Waals surface area contributed by atoms with Gasteiger partial charge in [0, 0.05) is 16.9 Å². The molecule has 1 heterocycles. The first-order valence-electron chi connectivity index (χ1n) is 6.57. The van der Waals surface area contributed by atoms with E-state index in [4.69, 9.17) is 23.2 Å². The molecule has 6 nitrogen and oxygen atoms in total. The standard InChI is InChI=1S/C14H13Cl2N3O3S2/c1-19(9-14(20)18-17-8-11-3-2-6-23-11)24(21,22)13-7-10(15)4-5-12(13)16/h2-8H,9H2,1H3,(H,18,20)/b17-8-. The number of hydrogen-bond donors (Lipinski definition) is 1. The maximum atomic E-state index is 12.5. The number of carbonyl (C=O) groups excluding carboxylic acids is 1. The maximum absolute atomic E-state index is 12.5. The van der Waals surface area contributed by atoms with Crippen LogP contribution < -0.4 is 5.43 Å². The molecule has 1 aromatic carbocycles. The van der Waals surface area contributed by atoms with Crippen LogP contribution in [-0.2, 0) is 14.8 Å². The molecule has 0 fully saturated rings. The van der Waals surface area contributed by atoms with Gasteiger partial charge < -0.3 is 0 Å². The zero-order valence-corrected chi connectivity index (χ0v) is 15.6. The van der Waals surface area contributed by atoms with Gasteiger partial charge in [0.15, 0.2) is 0 Å². The van der Waals surface area contributed by atoms with Gasteiger partial charge in [-0.15, -0.1) is 11.3 Å². The predicted octanol–water partition coefficient (Wildman–Crippen LogP) is 2.83. The molecule has 2 rings (SSSR count). The number of nitrogens with zero attached hydrogens (tertiary/aromatic N) is 2. The average molecular weight is 406 g/mol. The average Bonchev–Trinajstić information content (AvgIpc) is 3.02. The molecule has 0 bridgehead atoms. The second-order valence-corrected chi connectivity index (χ2v) is 8.48. The third-order valence-corrected chi connectivity index (χ3v) is 6.20. The molecule has 0 saturated carbocycles. The van der Waals surface area contributed by atoms with Crippen LogP contribution in [-0.4, -0.2) is 38.4 Å². The van der Waals surface area contributed by atoms with Crippen LogP contribution in [0.25, 0.3) is 0 Å². The molecule has 0 radical (unpaired) electrons. The largest absolute Gasteiger partial charge is 0.272 e. The summed E-state index contributed by atoms with van der Waals surface area (Å²) in [6, 6.07) is 7.79. The smallest absolute Gasteiger partial charge is 0.255 e. The lowest BCUT2D eigenvalue weighted by Crippen LogP contribution is -2.36. The van der Waals surface area contributed by atoms with E-state index in [1.54, 1.807) is 0 Å². The Morgan fingerprint density at radius 1 is 1.38 bits per heavy atom. The normalized spacial score (nSPS) is 12.0. The lowest BCUT2D eigenvalue weighted by Gasteiger charge is -2.17. The molecule has 10 heteroatoms. The van der Waals surface area contributed by atoms with Crippen LogP contribution in [0.2, 0.25) is 10.0 Å². The number of halogens is 2. The van der Waals surface area contributed by atoms with Crippen molar-refractivity contribution < 1.29 is 13.2 Å². The Kier molecular flexibility index (Phi) is 6.36. The van der Waals surface area contributed by atoms with Crippen molar-refractivity contribution in [3.8, 4) is 0 Å². The zero-order valence-electron chi connectivity index (χ0n) is 12.4. The molecule has 24 heavy (non-hydrogen) atoms. The Labute approximate surface area is 153 Å². The quantitative estimate of drug-likeness (QED) is 0.592. The third kappa shape index (κ3) is 4.78. The van der Waals surface area contributed by atoms with E-state index in [1.165, 1.54) is 42.8 Å². The fourth-order valence-corrected chi connectivity index (χ4v) is 4.14. The molecular formula is C14H13Cl2N3O3S2. The predicted molar refractivity (Wildman–Crippen MR) is 96.3 cm³/mol. The van der Waals surface area contributed by atoms with Crippen molar-refractivity contribution in [3.63, 3.8) is 0 Å². The van der Waals surface area contributed by atoms with Gasteiger partial charge in [-0.05, 0) is 29.6 Å². The van der Waals surface area contributed by atoms with Crippen LogP contribution >= 0.6 is 34.5 Å². The lowest BCUT2D eigenvalue weighted by atomic mass is 10.4. The molecule has 0 unspecified atom stereocenters. The summed E-state index contributed by atoms with van der Waals surface area (Å²) in [5, 5.41) is 5.91. The van der Waals surface area contributed by atoms with E-state index in [0.717, 1.165) is 9.18 Å². The number of rotatable bonds is 6. The number of hydrogen-bond acceptors (Lipinski definition) is 5. The van der Waals surface area contributed by atoms with Crippen molar-refractivity contribution >= 4 is 56.7 Å². The number of hydrazone groups is 1. The number of benzene rings is 1. The molecule has 128 valence electrons. The van der Waals surface area contributed by atoms with E-state index in [2.05, 4.69) is 10.5 Å². The summed E-state index contributed by atoms with van der Waals surface area (Å²) in [5.74, 6) is -0.577. The van der Waals surface area contributed by atoms with Gasteiger partial charge in [0.25, 0.3) is 5.91 Å². The van der Waals surface area contributed by atoms with Gasteiger partial charge in [-0.25, -0.2) is 13.8 Å². The van der Waals surface area contributed by atoms with Gasteiger partial charge in [-0.2, -0.15) is 9.41 Å². The van der Waals surface area contributed by atoms with Crippen molar-refractivity contribution in [2.75, 3.05) is 13.6 Å². The summed E-state index contributed by atoms with van der Waals surface area (Å²) in [6.07, 6.45) is 1.48. The molecule has 0 aliphatic heterocycles. The summed E-state index contributed by atoms with van der Waals surface area (Å²) in [6.45, 7) is -0.410. The molecular weight excluding hydrogens is 393 g/mol. The van der Waals surface area contributed by atoms with Crippen LogP contribution in [0.5, 0.6) is 0 Å². The van der Waals surface area contributed by atoms with Crippen LogP contribution in [0, 0.1) is 0 Å². The lowest BCUT2D eigenvalue weighted by molar-refractivity contribution is -0.121. The summed E-state index contributed by atoms with van der Waals surface area (Å²) >= 11 is 13.2.